The highest BCUT2D eigenvalue weighted by Gasteiger charge is 1.87. The molecule has 3 heteroatoms. The monoisotopic (exact) mass is 133 g/mol. The third kappa shape index (κ3) is 5.50. The van der Waals surface area contributed by atoms with E-state index in [0.29, 0.717) is 11.5 Å². The van der Waals surface area contributed by atoms with Gasteiger partial charge in [-0.1, -0.05) is 18.2 Å². The van der Waals surface area contributed by atoms with Crippen LogP contribution in [0.15, 0.2) is 11.6 Å². The second kappa shape index (κ2) is 3.50. The summed E-state index contributed by atoms with van der Waals surface area (Å²) in [6.45, 7) is 3.30. The molecule has 8 heavy (non-hydrogen) atoms. The van der Waals surface area contributed by atoms with E-state index in [1.54, 1.807) is 0 Å². The molecule has 0 fully saturated rings. The van der Waals surface area contributed by atoms with E-state index in [4.69, 9.17) is 11.6 Å². The van der Waals surface area contributed by atoms with Crippen molar-refractivity contribution in [3.8, 4) is 0 Å². The summed E-state index contributed by atoms with van der Waals surface area (Å²) in [7, 11) is 0. The molecule has 0 unspecified atom stereocenters. The molecule has 0 atom stereocenters. The molecule has 0 amide bonds. The van der Waals surface area contributed by atoms with E-state index in [1.807, 2.05) is 0 Å². The van der Waals surface area contributed by atoms with Gasteiger partial charge in [0.05, 0.1) is 0 Å². The number of carboxylic acids is 1. The Hall–Kier alpha value is -0.500. The minimum atomic E-state index is -1.09. The van der Waals surface area contributed by atoms with Crippen molar-refractivity contribution in [3.05, 3.63) is 11.6 Å². The molecule has 0 aliphatic heterocycles. The van der Waals surface area contributed by atoms with Gasteiger partial charge in [-0.3, -0.25) is 0 Å². The summed E-state index contributed by atoms with van der Waals surface area (Å²) >= 11 is 5.24. The highest BCUT2D eigenvalue weighted by atomic mass is 35.5. The molecule has 0 spiro atoms. The summed E-state index contributed by atoms with van der Waals surface area (Å²) in [5, 5.41) is 10.0. The van der Waals surface area contributed by atoms with E-state index in [2.05, 4.69) is 6.58 Å². The smallest absolute Gasteiger partial charge is 0.0417 e. The Balaban J connectivity index is 3.18. The molecule has 0 bridgehead atoms. The van der Waals surface area contributed by atoms with Gasteiger partial charge in [0.25, 0.3) is 0 Å². The van der Waals surface area contributed by atoms with Crippen LogP contribution in [-0.2, 0) is 4.79 Å². The average molecular weight is 134 g/mol. The van der Waals surface area contributed by atoms with E-state index >= 15 is 0 Å². The van der Waals surface area contributed by atoms with Gasteiger partial charge in [-0.2, -0.15) is 0 Å². The van der Waals surface area contributed by atoms with Crippen LogP contribution in [0, 0.1) is 0 Å². The predicted octanol–water partition coefficient (Wildman–Crippen LogP) is 0.269. The molecule has 0 rings (SSSR count). The van der Waals surface area contributed by atoms with E-state index < -0.39 is 5.97 Å². The van der Waals surface area contributed by atoms with Crippen LogP contribution in [0.2, 0.25) is 0 Å². The molecule has 0 saturated carbocycles. The van der Waals surface area contributed by atoms with E-state index in [1.165, 1.54) is 0 Å². The molecule has 0 aliphatic carbocycles. The molecule has 0 saturated heterocycles. The molecular formula is C5H6ClO2-. The highest BCUT2D eigenvalue weighted by molar-refractivity contribution is 6.29. The van der Waals surface area contributed by atoms with E-state index in [-0.39, 0.29) is 6.42 Å². The van der Waals surface area contributed by atoms with Crippen molar-refractivity contribution in [3.63, 3.8) is 0 Å². The van der Waals surface area contributed by atoms with E-state index in [9.17, 15) is 9.90 Å². The van der Waals surface area contributed by atoms with Crippen molar-refractivity contribution in [2.45, 2.75) is 12.8 Å². The number of hydrogen-bond donors (Lipinski definition) is 0. The van der Waals surface area contributed by atoms with Crippen molar-refractivity contribution in [1.29, 1.82) is 0 Å². The first kappa shape index (κ1) is 7.50. The fourth-order valence-corrected chi connectivity index (χ4v) is 0.332. The lowest BCUT2D eigenvalue weighted by Crippen LogP contribution is -2.21. The van der Waals surface area contributed by atoms with Crippen LogP contribution in [0.1, 0.15) is 12.8 Å². The maximum absolute atomic E-state index is 9.69. The van der Waals surface area contributed by atoms with Gasteiger partial charge in [-0.15, -0.1) is 0 Å². The number of hydrogen-bond acceptors (Lipinski definition) is 2. The SMILES string of the molecule is C=C(Cl)CCC(=O)[O-]. The molecule has 46 valence electrons. The first-order valence-electron chi connectivity index (χ1n) is 2.16. The minimum Gasteiger partial charge on any atom is -0.550 e. The molecule has 0 N–H and O–H groups in total. The Morgan fingerprint density at radius 3 is 2.25 bits per heavy atom. The fraction of sp³-hybridized carbons (Fsp3) is 0.400. The number of carbonyl (C=O) groups is 1. The Bertz CT molecular complexity index is 95.0. The van der Waals surface area contributed by atoms with Gasteiger partial charge in [0.2, 0.25) is 0 Å². The minimum absolute atomic E-state index is 0.0394. The third-order valence-corrected chi connectivity index (χ3v) is 0.789. The summed E-state index contributed by atoms with van der Waals surface area (Å²) in [5.74, 6) is -1.09. The second-order valence-electron chi connectivity index (χ2n) is 1.39. The number of carboxylic acid groups (broad SMARTS) is 1. The summed E-state index contributed by atoms with van der Waals surface area (Å²) in [6, 6.07) is 0. The number of aliphatic carboxylic acids is 1. The molecule has 0 aromatic heterocycles. The lowest BCUT2D eigenvalue weighted by atomic mass is 10.3. The Morgan fingerprint density at radius 2 is 2.12 bits per heavy atom. The lowest BCUT2D eigenvalue weighted by Gasteiger charge is -1.97. The van der Waals surface area contributed by atoms with Crippen LogP contribution in [-0.4, -0.2) is 5.97 Å². The molecule has 0 aliphatic rings. The quantitative estimate of drug-likeness (QED) is 0.555. The standard InChI is InChI=1S/C5H7ClO2/c1-4(6)2-3-5(7)8/h1-3H2,(H,7,8)/p-1. The number of carbonyl (C=O) groups excluding carboxylic acids is 1. The van der Waals surface area contributed by atoms with Gasteiger partial charge in [0.1, 0.15) is 0 Å². The summed E-state index contributed by atoms with van der Waals surface area (Å²) in [6.07, 6.45) is 0.256. The Kier molecular flexibility index (Phi) is 3.28. The van der Waals surface area contributed by atoms with E-state index in [0.717, 1.165) is 0 Å². The zero-order valence-corrected chi connectivity index (χ0v) is 5.07. The normalized spacial score (nSPS) is 8.62. The number of halogens is 1. The first-order valence-corrected chi connectivity index (χ1v) is 2.54. The summed E-state index contributed by atoms with van der Waals surface area (Å²) in [4.78, 5) is 9.69. The lowest BCUT2D eigenvalue weighted by molar-refractivity contribution is -0.305. The number of rotatable bonds is 3. The second-order valence-corrected chi connectivity index (χ2v) is 1.92. The number of allylic oxidation sites excluding steroid dienone is 1. The first-order chi connectivity index (χ1) is 3.63. The molecule has 0 radical (unpaired) electrons. The van der Waals surface area contributed by atoms with Crippen molar-refractivity contribution in [2.24, 2.45) is 0 Å². The summed E-state index contributed by atoms with van der Waals surface area (Å²) < 4.78 is 0. The fourth-order valence-electron chi connectivity index (χ4n) is 0.238. The highest BCUT2D eigenvalue weighted by Crippen LogP contribution is 2.04. The van der Waals surface area contributed by atoms with Crippen LogP contribution < -0.4 is 5.11 Å². The third-order valence-electron chi connectivity index (χ3n) is 0.600. The van der Waals surface area contributed by atoms with Crippen LogP contribution in [0.25, 0.3) is 0 Å². The largest absolute Gasteiger partial charge is 0.550 e. The molecule has 0 heterocycles. The molecular weight excluding hydrogens is 128 g/mol. The maximum atomic E-state index is 9.69. The topological polar surface area (TPSA) is 40.1 Å². The van der Waals surface area contributed by atoms with Gasteiger partial charge < -0.3 is 9.90 Å². The van der Waals surface area contributed by atoms with Crippen LogP contribution in [0.3, 0.4) is 0 Å². The van der Waals surface area contributed by atoms with Gasteiger partial charge >= 0.3 is 0 Å². The van der Waals surface area contributed by atoms with Gasteiger partial charge in [-0.05, 0) is 12.8 Å². The van der Waals surface area contributed by atoms with Crippen molar-refractivity contribution >= 4 is 17.6 Å². The summed E-state index contributed by atoms with van der Waals surface area (Å²) in [5.41, 5.74) is 0. The zero-order valence-electron chi connectivity index (χ0n) is 4.32. The predicted molar refractivity (Wildman–Crippen MR) is 29.2 cm³/mol. The average Bonchev–Trinajstić information content (AvgIpc) is 1.61. The molecule has 2 nitrogen and oxygen atoms in total. The van der Waals surface area contributed by atoms with Crippen molar-refractivity contribution in [1.82, 2.24) is 0 Å². The van der Waals surface area contributed by atoms with Crippen molar-refractivity contribution in [2.75, 3.05) is 0 Å². The van der Waals surface area contributed by atoms with Crippen LogP contribution in [0.4, 0.5) is 0 Å². The van der Waals surface area contributed by atoms with Gasteiger partial charge in [-0.25, -0.2) is 0 Å². The van der Waals surface area contributed by atoms with Crippen LogP contribution in [0.5, 0.6) is 0 Å². The van der Waals surface area contributed by atoms with Crippen LogP contribution >= 0.6 is 11.6 Å². The molecule has 0 aromatic rings. The maximum Gasteiger partial charge on any atom is 0.0417 e. The molecule has 0 aromatic carbocycles. The van der Waals surface area contributed by atoms with Gasteiger partial charge in [0, 0.05) is 11.0 Å². The van der Waals surface area contributed by atoms with Crippen molar-refractivity contribution < 1.29 is 9.90 Å². The zero-order chi connectivity index (χ0) is 6.57. The Labute approximate surface area is 52.8 Å². The Morgan fingerprint density at radius 1 is 1.62 bits per heavy atom. The van der Waals surface area contributed by atoms with Gasteiger partial charge in [0.15, 0.2) is 0 Å².